The predicted octanol–water partition coefficient (Wildman–Crippen LogP) is -5.21. The standard InChI is InChI=1S/C6H4N4O3.Na/c11-3-1-2-10-5(7-3)4(6(12)13)8-9-10;/h1-2,9H,(H,12,13);/q;+1/p-1. The van der Waals surface area contributed by atoms with Crippen LogP contribution in [0.15, 0.2) is 17.1 Å². The van der Waals surface area contributed by atoms with Crippen LogP contribution in [-0.2, 0) is 0 Å². The summed E-state index contributed by atoms with van der Waals surface area (Å²) in [5.41, 5.74) is -0.950. The van der Waals surface area contributed by atoms with E-state index in [0.29, 0.717) is 0 Å². The number of hydrogen-bond donors (Lipinski definition) is 1. The van der Waals surface area contributed by atoms with Crippen molar-refractivity contribution >= 4 is 11.6 Å². The van der Waals surface area contributed by atoms with Gasteiger partial charge in [-0.2, -0.15) is 10.1 Å². The van der Waals surface area contributed by atoms with Crippen molar-refractivity contribution in [1.29, 1.82) is 0 Å². The molecular weight excluding hydrogens is 199 g/mol. The number of carbonyl (C=O) groups excluding carboxylic acids is 1. The largest absolute Gasteiger partial charge is 1.00 e. The molecule has 0 bridgehead atoms. The molecule has 0 radical (unpaired) electrons. The van der Waals surface area contributed by atoms with Crippen molar-refractivity contribution in [2.45, 2.75) is 0 Å². The van der Waals surface area contributed by atoms with Crippen LogP contribution in [-0.4, -0.2) is 25.8 Å². The number of rotatable bonds is 1. The fraction of sp³-hybridized carbons (Fsp3) is 0. The molecule has 8 heteroatoms. The summed E-state index contributed by atoms with van der Waals surface area (Å²) < 4.78 is 1.21. The van der Waals surface area contributed by atoms with Gasteiger partial charge < -0.3 is 9.90 Å². The molecule has 0 aliphatic rings. The van der Waals surface area contributed by atoms with Gasteiger partial charge in [0, 0.05) is 12.3 Å². The number of fused-ring (bicyclic) bond motifs is 1. The first-order chi connectivity index (χ1) is 6.18. The van der Waals surface area contributed by atoms with Crippen LogP contribution in [0.1, 0.15) is 10.5 Å². The maximum absolute atomic E-state index is 10.8. The average molecular weight is 202 g/mol. The summed E-state index contributed by atoms with van der Waals surface area (Å²) in [7, 11) is 0. The van der Waals surface area contributed by atoms with Gasteiger partial charge in [-0.1, -0.05) is 0 Å². The van der Waals surface area contributed by atoms with Gasteiger partial charge >= 0.3 is 29.6 Å². The van der Waals surface area contributed by atoms with E-state index in [0.717, 1.165) is 0 Å². The smallest absolute Gasteiger partial charge is 0.543 e. The number of nitrogens with zero attached hydrogens (tertiary/aromatic N) is 3. The van der Waals surface area contributed by atoms with E-state index in [2.05, 4.69) is 15.3 Å². The SMILES string of the molecule is O=C([O-])c1n[nH]n2ccc(=O)nc12.[Na+]. The molecule has 0 fully saturated rings. The molecule has 2 aromatic rings. The number of carboxylic acid groups (broad SMARTS) is 1. The first-order valence-electron chi connectivity index (χ1n) is 3.33. The van der Waals surface area contributed by atoms with Gasteiger partial charge in [-0.3, -0.25) is 4.79 Å². The molecule has 0 aromatic carbocycles. The number of aromatic carboxylic acids is 1. The van der Waals surface area contributed by atoms with Crippen molar-refractivity contribution in [3.05, 3.63) is 28.3 Å². The first-order valence-corrected chi connectivity index (χ1v) is 3.33. The number of H-pyrrole nitrogens is 1. The second-order valence-corrected chi connectivity index (χ2v) is 2.31. The van der Waals surface area contributed by atoms with Gasteiger partial charge in [-0.05, 0) is 0 Å². The van der Waals surface area contributed by atoms with Crippen molar-refractivity contribution in [2.75, 3.05) is 0 Å². The van der Waals surface area contributed by atoms with Gasteiger partial charge in [0.2, 0.25) is 0 Å². The van der Waals surface area contributed by atoms with Crippen LogP contribution < -0.4 is 40.2 Å². The molecule has 0 spiro atoms. The third kappa shape index (κ3) is 1.69. The number of carboxylic acids is 1. The summed E-state index contributed by atoms with van der Waals surface area (Å²) in [6.07, 6.45) is 1.34. The van der Waals surface area contributed by atoms with Crippen molar-refractivity contribution < 1.29 is 39.5 Å². The van der Waals surface area contributed by atoms with E-state index < -0.39 is 11.5 Å². The molecule has 7 nitrogen and oxygen atoms in total. The fourth-order valence-corrected chi connectivity index (χ4v) is 0.943. The molecule has 14 heavy (non-hydrogen) atoms. The molecule has 0 atom stereocenters. The maximum atomic E-state index is 10.8. The van der Waals surface area contributed by atoms with Gasteiger partial charge in [0.15, 0.2) is 11.3 Å². The Morgan fingerprint density at radius 1 is 1.57 bits per heavy atom. The average Bonchev–Trinajstić information content (AvgIpc) is 2.46. The van der Waals surface area contributed by atoms with Gasteiger partial charge in [-0.25, -0.2) is 9.73 Å². The normalized spacial score (nSPS) is 9.71. The Morgan fingerprint density at radius 3 is 2.93 bits per heavy atom. The summed E-state index contributed by atoms with van der Waals surface area (Å²) in [5.74, 6) is -1.48. The minimum atomic E-state index is -1.48. The number of nitrogens with one attached hydrogen (secondary N) is 1. The Balaban J connectivity index is 0.000000980. The minimum absolute atomic E-state index is 0. The first kappa shape index (κ1) is 10.9. The van der Waals surface area contributed by atoms with Crippen molar-refractivity contribution in [2.24, 2.45) is 0 Å². The van der Waals surface area contributed by atoms with Crippen LogP contribution in [0.3, 0.4) is 0 Å². The third-order valence-corrected chi connectivity index (χ3v) is 1.49. The van der Waals surface area contributed by atoms with Crippen LogP contribution >= 0.6 is 0 Å². The molecule has 1 N–H and O–H groups in total. The van der Waals surface area contributed by atoms with Gasteiger partial charge in [0.25, 0.3) is 5.56 Å². The van der Waals surface area contributed by atoms with Crippen LogP contribution in [0, 0.1) is 0 Å². The molecule has 0 unspecified atom stereocenters. The fourth-order valence-electron chi connectivity index (χ4n) is 0.943. The van der Waals surface area contributed by atoms with Crippen LogP contribution in [0.5, 0.6) is 0 Å². The van der Waals surface area contributed by atoms with E-state index in [4.69, 9.17) is 0 Å². The van der Waals surface area contributed by atoms with E-state index in [1.165, 1.54) is 16.8 Å². The summed E-state index contributed by atoms with van der Waals surface area (Å²) in [6.45, 7) is 0. The zero-order valence-corrected chi connectivity index (χ0v) is 9.22. The van der Waals surface area contributed by atoms with E-state index in [-0.39, 0.29) is 40.9 Å². The monoisotopic (exact) mass is 202 g/mol. The minimum Gasteiger partial charge on any atom is -0.543 e. The Bertz CT molecular complexity index is 531. The molecule has 2 aromatic heterocycles. The Kier molecular flexibility index (Phi) is 3.04. The Labute approximate surface area is 99.0 Å². The van der Waals surface area contributed by atoms with Crippen LogP contribution in [0.2, 0.25) is 0 Å². The number of hydrogen-bond acceptors (Lipinski definition) is 5. The predicted molar refractivity (Wildman–Crippen MR) is 37.9 cm³/mol. The van der Waals surface area contributed by atoms with Crippen LogP contribution in [0.25, 0.3) is 5.65 Å². The van der Waals surface area contributed by atoms with Gasteiger partial charge in [-0.15, -0.1) is 0 Å². The summed E-state index contributed by atoms with van der Waals surface area (Å²) in [6, 6.07) is 1.18. The van der Waals surface area contributed by atoms with E-state index in [1.54, 1.807) is 0 Å². The van der Waals surface area contributed by atoms with Crippen molar-refractivity contribution in [3.8, 4) is 0 Å². The zero-order chi connectivity index (χ0) is 9.42. The number of carbonyl (C=O) groups is 1. The third-order valence-electron chi connectivity index (χ3n) is 1.49. The molecule has 0 aliphatic heterocycles. The van der Waals surface area contributed by atoms with E-state index in [1.807, 2.05) is 0 Å². The zero-order valence-electron chi connectivity index (χ0n) is 7.22. The maximum Gasteiger partial charge on any atom is 1.00 e. The molecule has 0 saturated carbocycles. The van der Waals surface area contributed by atoms with E-state index >= 15 is 0 Å². The molecule has 0 aliphatic carbocycles. The number of aromatic amines is 1. The molecule has 66 valence electrons. The molecule has 2 rings (SSSR count). The quantitative estimate of drug-likeness (QED) is 0.465. The molecular formula is C6H3N4NaO3. The molecule has 0 saturated heterocycles. The van der Waals surface area contributed by atoms with Crippen molar-refractivity contribution in [3.63, 3.8) is 0 Å². The topological polar surface area (TPSA) is 103 Å². The van der Waals surface area contributed by atoms with Gasteiger partial charge in [0.05, 0.1) is 5.97 Å². The summed E-state index contributed by atoms with van der Waals surface area (Å²) >= 11 is 0. The summed E-state index contributed by atoms with van der Waals surface area (Å²) in [5, 5.41) is 16.2. The molecule has 0 amide bonds. The van der Waals surface area contributed by atoms with E-state index in [9.17, 15) is 14.7 Å². The number of aromatic nitrogens is 4. The Morgan fingerprint density at radius 2 is 2.29 bits per heavy atom. The van der Waals surface area contributed by atoms with Crippen molar-refractivity contribution in [1.82, 2.24) is 19.8 Å². The summed E-state index contributed by atoms with van der Waals surface area (Å²) in [4.78, 5) is 24.7. The Hall–Kier alpha value is -1.18. The molecule has 2 heterocycles. The second-order valence-electron chi connectivity index (χ2n) is 2.31. The van der Waals surface area contributed by atoms with Gasteiger partial charge in [0.1, 0.15) is 0 Å². The second kappa shape index (κ2) is 3.91. The van der Waals surface area contributed by atoms with Crippen LogP contribution in [0.4, 0.5) is 0 Å².